The third-order valence-corrected chi connectivity index (χ3v) is 2.67. The van der Waals surface area contributed by atoms with Crippen LogP contribution in [0.15, 0.2) is 54.6 Å². The second-order valence-electron chi connectivity index (χ2n) is 4.09. The lowest BCUT2D eigenvalue weighted by atomic mass is 10.2. The molecule has 1 N–H and O–H groups in total. The molecule has 0 aliphatic heterocycles. The molecule has 20 heavy (non-hydrogen) atoms. The number of benzene rings is 2. The lowest BCUT2D eigenvalue weighted by molar-refractivity contribution is -0.131. The molecule has 2 aromatic carbocycles. The van der Waals surface area contributed by atoms with Crippen molar-refractivity contribution in [3.63, 3.8) is 0 Å². The molecule has 0 unspecified atom stereocenters. The number of hydrogen-bond donors (Lipinski definition) is 1. The summed E-state index contributed by atoms with van der Waals surface area (Å²) in [6.45, 7) is 0.0879. The molecule has 4 heteroatoms. The van der Waals surface area contributed by atoms with E-state index in [2.05, 4.69) is 0 Å². The number of rotatable bonds is 5. The number of hydrogen-bond acceptors (Lipinski definition) is 2. The van der Waals surface area contributed by atoms with E-state index in [1.165, 1.54) is 12.1 Å². The molecule has 2 rings (SSSR count). The number of carboxylic acid groups (broad SMARTS) is 1. The van der Waals surface area contributed by atoms with Gasteiger partial charge in [-0.25, -0.2) is 9.18 Å². The van der Waals surface area contributed by atoms with Gasteiger partial charge in [0.25, 0.3) is 0 Å². The van der Waals surface area contributed by atoms with Crippen LogP contribution in [0.5, 0.6) is 5.75 Å². The molecule has 0 spiro atoms. The van der Waals surface area contributed by atoms with Gasteiger partial charge in [-0.2, -0.15) is 0 Å². The maximum atomic E-state index is 13.5. The van der Waals surface area contributed by atoms with Crippen molar-refractivity contribution in [2.24, 2.45) is 0 Å². The standard InChI is InChI=1S/C16H13FO3/c17-14-7-3-1-6-13(14)11-20-15-8-4-2-5-12(15)9-10-16(18)19/h1-10H,11H2,(H,18,19). The minimum Gasteiger partial charge on any atom is -0.488 e. The van der Waals surface area contributed by atoms with Crippen LogP contribution in [-0.2, 0) is 11.4 Å². The summed E-state index contributed by atoms with van der Waals surface area (Å²) >= 11 is 0. The van der Waals surface area contributed by atoms with Crippen LogP contribution in [0, 0.1) is 5.82 Å². The normalized spacial score (nSPS) is 10.7. The zero-order valence-electron chi connectivity index (χ0n) is 10.6. The summed E-state index contributed by atoms with van der Waals surface area (Å²) in [4.78, 5) is 10.5. The lowest BCUT2D eigenvalue weighted by Gasteiger charge is -2.09. The van der Waals surface area contributed by atoms with Gasteiger partial charge >= 0.3 is 5.97 Å². The van der Waals surface area contributed by atoms with Crippen LogP contribution in [0.4, 0.5) is 4.39 Å². The first kappa shape index (κ1) is 13.8. The first-order chi connectivity index (χ1) is 9.66. The minimum atomic E-state index is -1.03. The Balaban J connectivity index is 2.14. The van der Waals surface area contributed by atoms with Gasteiger partial charge in [-0.3, -0.25) is 0 Å². The number of carbonyl (C=O) groups is 1. The predicted molar refractivity (Wildman–Crippen MR) is 73.8 cm³/mol. The van der Waals surface area contributed by atoms with Crippen LogP contribution >= 0.6 is 0 Å². The average Bonchev–Trinajstić information content (AvgIpc) is 2.45. The van der Waals surface area contributed by atoms with E-state index in [9.17, 15) is 9.18 Å². The van der Waals surface area contributed by atoms with Crippen LogP contribution in [0.3, 0.4) is 0 Å². The van der Waals surface area contributed by atoms with Crippen molar-refractivity contribution in [2.45, 2.75) is 6.61 Å². The van der Waals surface area contributed by atoms with Gasteiger partial charge in [0.2, 0.25) is 0 Å². The SMILES string of the molecule is O=C(O)C=Cc1ccccc1OCc1ccccc1F. The van der Waals surface area contributed by atoms with Crippen molar-refractivity contribution in [1.82, 2.24) is 0 Å². The Labute approximate surface area is 115 Å². The van der Waals surface area contributed by atoms with Crippen LogP contribution in [0.2, 0.25) is 0 Å². The van der Waals surface area contributed by atoms with Gasteiger partial charge in [-0.05, 0) is 18.2 Å². The van der Waals surface area contributed by atoms with Gasteiger partial charge in [0.1, 0.15) is 18.2 Å². The van der Waals surface area contributed by atoms with E-state index in [-0.39, 0.29) is 12.4 Å². The average molecular weight is 272 g/mol. The van der Waals surface area contributed by atoms with E-state index >= 15 is 0 Å². The van der Waals surface area contributed by atoms with Gasteiger partial charge in [0, 0.05) is 17.2 Å². The Bertz CT molecular complexity index is 635. The summed E-state index contributed by atoms with van der Waals surface area (Å²) in [7, 11) is 0. The van der Waals surface area contributed by atoms with Crippen molar-refractivity contribution in [3.8, 4) is 5.75 Å². The predicted octanol–water partition coefficient (Wildman–Crippen LogP) is 3.50. The Morgan fingerprint density at radius 3 is 2.60 bits per heavy atom. The van der Waals surface area contributed by atoms with E-state index in [0.717, 1.165) is 6.08 Å². The zero-order chi connectivity index (χ0) is 14.4. The summed E-state index contributed by atoms with van der Waals surface area (Å²) in [6, 6.07) is 13.4. The molecule has 0 aliphatic carbocycles. The summed E-state index contributed by atoms with van der Waals surface area (Å²) in [5, 5.41) is 8.63. The maximum absolute atomic E-state index is 13.5. The molecule has 0 heterocycles. The molecule has 0 fully saturated rings. The van der Waals surface area contributed by atoms with E-state index in [1.807, 2.05) is 0 Å². The van der Waals surface area contributed by atoms with Crippen LogP contribution in [0.25, 0.3) is 6.08 Å². The Kier molecular flexibility index (Phi) is 4.50. The molecule has 0 bridgehead atoms. The van der Waals surface area contributed by atoms with E-state index < -0.39 is 5.97 Å². The monoisotopic (exact) mass is 272 g/mol. The van der Waals surface area contributed by atoms with Gasteiger partial charge in [-0.15, -0.1) is 0 Å². The fourth-order valence-corrected chi connectivity index (χ4v) is 1.68. The highest BCUT2D eigenvalue weighted by Gasteiger charge is 2.04. The Morgan fingerprint density at radius 2 is 1.85 bits per heavy atom. The van der Waals surface area contributed by atoms with Gasteiger partial charge < -0.3 is 9.84 Å². The van der Waals surface area contributed by atoms with E-state index in [4.69, 9.17) is 9.84 Å². The van der Waals surface area contributed by atoms with Gasteiger partial charge in [0.05, 0.1) is 0 Å². The van der Waals surface area contributed by atoms with Crippen LogP contribution in [0.1, 0.15) is 11.1 Å². The Hall–Kier alpha value is -2.62. The molecule has 0 aliphatic rings. The zero-order valence-corrected chi connectivity index (χ0v) is 10.6. The first-order valence-electron chi connectivity index (χ1n) is 6.03. The fourth-order valence-electron chi connectivity index (χ4n) is 1.68. The number of ether oxygens (including phenoxy) is 1. The van der Waals surface area contributed by atoms with Crippen molar-refractivity contribution < 1.29 is 19.0 Å². The molecular formula is C16H13FO3. The molecule has 0 amide bonds. The highest BCUT2D eigenvalue weighted by Crippen LogP contribution is 2.21. The maximum Gasteiger partial charge on any atom is 0.328 e. The number of carboxylic acids is 1. The highest BCUT2D eigenvalue weighted by atomic mass is 19.1. The third kappa shape index (κ3) is 3.68. The molecule has 0 radical (unpaired) electrons. The molecule has 2 aromatic rings. The quantitative estimate of drug-likeness (QED) is 0.847. The number of aliphatic carboxylic acids is 1. The summed E-state index contributed by atoms with van der Waals surface area (Å²) in [5.74, 6) is -0.854. The summed E-state index contributed by atoms with van der Waals surface area (Å²) in [5.41, 5.74) is 1.08. The van der Waals surface area contributed by atoms with Gasteiger partial charge in [0.15, 0.2) is 0 Å². The molecule has 0 aromatic heterocycles. The van der Waals surface area contributed by atoms with Crippen molar-refractivity contribution in [2.75, 3.05) is 0 Å². The topological polar surface area (TPSA) is 46.5 Å². The summed E-state index contributed by atoms with van der Waals surface area (Å²) in [6.07, 6.45) is 2.48. The lowest BCUT2D eigenvalue weighted by Crippen LogP contribution is -1.99. The molecular weight excluding hydrogens is 259 g/mol. The largest absolute Gasteiger partial charge is 0.488 e. The molecule has 0 saturated carbocycles. The minimum absolute atomic E-state index is 0.0879. The van der Waals surface area contributed by atoms with Crippen molar-refractivity contribution >= 4 is 12.0 Å². The van der Waals surface area contributed by atoms with E-state index in [1.54, 1.807) is 42.5 Å². The summed E-state index contributed by atoms with van der Waals surface area (Å²) < 4.78 is 19.0. The molecule has 0 atom stereocenters. The van der Waals surface area contributed by atoms with Crippen LogP contribution in [-0.4, -0.2) is 11.1 Å². The van der Waals surface area contributed by atoms with E-state index in [0.29, 0.717) is 16.9 Å². The van der Waals surface area contributed by atoms with Crippen LogP contribution < -0.4 is 4.74 Å². The van der Waals surface area contributed by atoms with Gasteiger partial charge in [-0.1, -0.05) is 36.4 Å². The molecule has 3 nitrogen and oxygen atoms in total. The third-order valence-electron chi connectivity index (χ3n) is 2.67. The fraction of sp³-hybridized carbons (Fsp3) is 0.0625. The Morgan fingerprint density at radius 1 is 1.15 bits per heavy atom. The number of halogens is 1. The second kappa shape index (κ2) is 6.52. The first-order valence-corrected chi connectivity index (χ1v) is 6.03. The van der Waals surface area contributed by atoms with Crippen molar-refractivity contribution in [3.05, 3.63) is 71.6 Å². The second-order valence-corrected chi connectivity index (χ2v) is 4.09. The van der Waals surface area contributed by atoms with Crippen molar-refractivity contribution in [1.29, 1.82) is 0 Å². The smallest absolute Gasteiger partial charge is 0.328 e. The number of para-hydroxylation sites is 1. The molecule has 0 saturated heterocycles. The molecule has 102 valence electrons. The highest BCUT2D eigenvalue weighted by molar-refractivity contribution is 5.85.